The van der Waals surface area contributed by atoms with Crippen LogP contribution in [0.5, 0.6) is 5.75 Å². The summed E-state index contributed by atoms with van der Waals surface area (Å²) in [5.41, 5.74) is 2.20. The third-order valence-electron chi connectivity index (χ3n) is 4.77. The molecule has 1 aliphatic heterocycles. The van der Waals surface area contributed by atoms with Crippen LogP contribution in [0.3, 0.4) is 0 Å². The van der Waals surface area contributed by atoms with Gasteiger partial charge in [0.15, 0.2) is 10.8 Å². The smallest absolute Gasteiger partial charge is 0.188 e. The minimum absolute atomic E-state index is 0.283. The minimum atomic E-state index is 0.283. The van der Waals surface area contributed by atoms with Crippen LogP contribution in [0, 0.1) is 0 Å². The maximum Gasteiger partial charge on any atom is 0.188 e. The molecule has 0 bridgehead atoms. The van der Waals surface area contributed by atoms with E-state index in [1.54, 1.807) is 30.8 Å². The van der Waals surface area contributed by atoms with Gasteiger partial charge in [-0.05, 0) is 25.0 Å². The molecule has 1 unspecified atom stereocenters. The van der Waals surface area contributed by atoms with E-state index >= 15 is 0 Å². The van der Waals surface area contributed by atoms with E-state index in [0.29, 0.717) is 5.82 Å². The quantitative estimate of drug-likeness (QED) is 0.577. The van der Waals surface area contributed by atoms with Crippen LogP contribution >= 0.6 is 11.3 Å². The fourth-order valence-corrected chi connectivity index (χ4v) is 4.21. The van der Waals surface area contributed by atoms with Crippen molar-refractivity contribution in [1.82, 2.24) is 19.9 Å². The van der Waals surface area contributed by atoms with E-state index in [9.17, 15) is 0 Å². The molecule has 1 saturated heterocycles. The summed E-state index contributed by atoms with van der Waals surface area (Å²) >= 11 is 1.58. The third-order valence-corrected chi connectivity index (χ3v) is 5.65. The number of aromatic nitrogens is 3. The van der Waals surface area contributed by atoms with Crippen molar-refractivity contribution in [2.75, 3.05) is 20.3 Å². The highest BCUT2D eigenvalue weighted by Gasteiger charge is 2.21. The van der Waals surface area contributed by atoms with Gasteiger partial charge < -0.3 is 9.47 Å². The van der Waals surface area contributed by atoms with Crippen LogP contribution in [0.2, 0.25) is 0 Å². The number of hydrogen-bond acceptors (Lipinski definition) is 7. The first-order valence-electron chi connectivity index (χ1n) is 9.49. The van der Waals surface area contributed by atoms with E-state index in [1.165, 1.54) is 5.56 Å². The fourth-order valence-electron chi connectivity index (χ4n) is 3.46. The van der Waals surface area contributed by atoms with Crippen molar-refractivity contribution in [3.05, 3.63) is 59.4 Å². The number of methoxy groups -OCH3 is 1. The Morgan fingerprint density at radius 3 is 2.82 bits per heavy atom. The summed E-state index contributed by atoms with van der Waals surface area (Å²) < 4.78 is 11.4. The topological polar surface area (TPSA) is 60.4 Å². The molecular formula is C21H24N4O2S. The number of benzene rings is 1. The lowest BCUT2D eigenvalue weighted by Crippen LogP contribution is -2.31. The van der Waals surface area contributed by atoms with Crippen LogP contribution in [0.4, 0.5) is 0 Å². The Balaban J connectivity index is 1.51. The highest BCUT2D eigenvalue weighted by molar-refractivity contribution is 7.13. The van der Waals surface area contributed by atoms with Crippen LogP contribution < -0.4 is 4.74 Å². The summed E-state index contributed by atoms with van der Waals surface area (Å²) in [6.45, 7) is 3.28. The number of nitrogens with zero attached hydrogens (tertiary/aromatic N) is 4. The molecule has 1 atom stereocenters. The van der Waals surface area contributed by atoms with Crippen molar-refractivity contribution in [1.29, 1.82) is 0 Å². The summed E-state index contributed by atoms with van der Waals surface area (Å²) in [6, 6.07) is 9.99. The molecule has 0 aliphatic carbocycles. The van der Waals surface area contributed by atoms with Gasteiger partial charge in [-0.25, -0.2) is 15.0 Å². The number of ether oxygens (including phenoxy) is 2. The summed E-state index contributed by atoms with van der Waals surface area (Å²) in [4.78, 5) is 15.7. The van der Waals surface area contributed by atoms with Crippen LogP contribution in [-0.4, -0.2) is 46.2 Å². The van der Waals surface area contributed by atoms with Crippen molar-refractivity contribution in [2.45, 2.75) is 32.0 Å². The van der Waals surface area contributed by atoms with Crippen molar-refractivity contribution >= 4 is 11.3 Å². The Kier molecular flexibility index (Phi) is 6.26. The highest BCUT2D eigenvalue weighted by atomic mass is 32.1. The SMILES string of the molecule is COc1ccccc1CN(Cc1csc(-c2ncccn2)n1)CC1CCCO1. The van der Waals surface area contributed by atoms with E-state index in [0.717, 1.165) is 55.5 Å². The zero-order valence-corrected chi connectivity index (χ0v) is 16.8. The Morgan fingerprint density at radius 1 is 1.18 bits per heavy atom. The van der Waals surface area contributed by atoms with Crippen LogP contribution in [-0.2, 0) is 17.8 Å². The second-order valence-electron chi connectivity index (χ2n) is 6.83. The molecule has 28 heavy (non-hydrogen) atoms. The van der Waals surface area contributed by atoms with Gasteiger partial charge in [-0.1, -0.05) is 18.2 Å². The van der Waals surface area contributed by atoms with Crippen molar-refractivity contribution in [3.63, 3.8) is 0 Å². The van der Waals surface area contributed by atoms with E-state index in [1.807, 2.05) is 18.2 Å². The number of rotatable bonds is 8. The van der Waals surface area contributed by atoms with Gasteiger partial charge in [0, 0.05) is 49.6 Å². The molecule has 3 aromatic rings. The van der Waals surface area contributed by atoms with Gasteiger partial charge >= 0.3 is 0 Å². The lowest BCUT2D eigenvalue weighted by molar-refractivity contribution is 0.0672. The van der Waals surface area contributed by atoms with Gasteiger partial charge in [-0.15, -0.1) is 11.3 Å². The molecule has 0 amide bonds. The van der Waals surface area contributed by atoms with E-state index < -0.39 is 0 Å². The van der Waals surface area contributed by atoms with Gasteiger partial charge in [0.25, 0.3) is 0 Å². The van der Waals surface area contributed by atoms with Crippen molar-refractivity contribution in [3.8, 4) is 16.6 Å². The first-order chi connectivity index (χ1) is 13.8. The maximum absolute atomic E-state index is 5.88. The molecule has 4 rings (SSSR count). The normalized spacial score (nSPS) is 16.6. The molecule has 6 nitrogen and oxygen atoms in total. The average molecular weight is 397 g/mol. The standard InChI is InChI=1S/C21H24N4O2S/c1-26-19-8-3-2-6-16(19)12-25(14-18-7-4-11-27-18)13-17-15-28-21(24-17)20-22-9-5-10-23-20/h2-3,5-6,8-10,15,18H,4,7,11-14H2,1H3. The van der Waals surface area contributed by atoms with Gasteiger partial charge in [-0.2, -0.15) is 0 Å². The lowest BCUT2D eigenvalue weighted by Gasteiger charge is -2.25. The Labute approximate surface area is 169 Å². The number of hydrogen-bond donors (Lipinski definition) is 0. The van der Waals surface area contributed by atoms with Gasteiger partial charge in [0.2, 0.25) is 0 Å². The summed E-state index contributed by atoms with van der Waals surface area (Å²) in [5.74, 6) is 1.59. The molecule has 1 aliphatic rings. The summed E-state index contributed by atoms with van der Waals surface area (Å²) in [7, 11) is 1.72. The predicted octanol–water partition coefficient (Wildman–Crippen LogP) is 3.79. The molecule has 1 fully saturated rings. The molecule has 3 heterocycles. The molecule has 2 aromatic heterocycles. The first-order valence-corrected chi connectivity index (χ1v) is 10.4. The number of para-hydroxylation sites is 1. The largest absolute Gasteiger partial charge is 0.496 e. The van der Waals surface area contributed by atoms with Crippen molar-refractivity contribution < 1.29 is 9.47 Å². The lowest BCUT2D eigenvalue weighted by atomic mass is 10.1. The molecule has 7 heteroatoms. The monoisotopic (exact) mass is 396 g/mol. The Bertz CT molecular complexity index is 881. The van der Waals surface area contributed by atoms with Gasteiger partial charge in [0.05, 0.1) is 18.9 Å². The molecule has 0 radical (unpaired) electrons. The van der Waals surface area contributed by atoms with Gasteiger partial charge in [0.1, 0.15) is 5.75 Å². The van der Waals surface area contributed by atoms with E-state index in [-0.39, 0.29) is 6.10 Å². The average Bonchev–Trinajstić information content (AvgIpc) is 3.41. The second-order valence-corrected chi connectivity index (χ2v) is 7.69. The Morgan fingerprint density at radius 2 is 2.04 bits per heavy atom. The third kappa shape index (κ3) is 4.73. The first kappa shape index (κ1) is 19.0. The molecule has 0 spiro atoms. The van der Waals surface area contributed by atoms with E-state index in [2.05, 4.69) is 32.4 Å². The van der Waals surface area contributed by atoms with Crippen LogP contribution in [0.15, 0.2) is 48.1 Å². The predicted molar refractivity (Wildman–Crippen MR) is 109 cm³/mol. The summed E-state index contributed by atoms with van der Waals surface area (Å²) in [5, 5.41) is 2.95. The molecule has 0 saturated carbocycles. The Hall–Kier alpha value is -2.35. The molecule has 146 valence electrons. The fraction of sp³-hybridized carbons (Fsp3) is 0.381. The minimum Gasteiger partial charge on any atom is -0.496 e. The molecule has 0 N–H and O–H groups in total. The maximum atomic E-state index is 5.88. The highest BCUT2D eigenvalue weighted by Crippen LogP contribution is 2.24. The number of thiazole rings is 1. The van der Waals surface area contributed by atoms with E-state index in [4.69, 9.17) is 14.5 Å². The summed E-state index contributed by atoms with van der Waals surface area (Å²) in [6.07, 6.45) is 6.02. The molecule has 1 aromatic carbocycles. The second kappa shape index (κ2) is 9.23. The molecular weight excluding hydrogens is 372 g/mol. The van der Waals surface area contributed by atoms with Crippen LogP contribution in [0.25, 0.3) is 10.8 Å². The zero-order valence-electron chi connectivity index (χ0n) is 16.0. The van der Waals surface area contributed by atoms with Crippen LogP contribution in [0.1, 0.15) is 24.1 Å². The van der Waals surface area contributed by atoms with Gasteiger partial charge in [-0.3, -0.25) is 4.90 Å². The van der Waals surface area contributed by atoms with Crippen molar-refractivity contribution in [2.24, 2.45) is 0 Å². The zero-order chi connectivity index (χ0) is 19.2.